The van der Waals surface area contributed by atoms with Crippen molar-refractivity contribution in [1.29, 1.82) is 0 Å². The van der Waals surface area contributed by atoms with Crippen LogP contribution in [0.5, 0.6) is 0 Å². The van der Waals surface area contributed by atoms with Gasteiger partial charge in [0.15, 0.2) is 0 Å². The van der Waals surface area contributed by atoms with E-state index >= 15 is 0 Å². The molecule has 0 bridgehead atoms. The first-order valence-electron chi connectivity index (χ1n) is 8.31. The molecule has 0 radical (unpaired) electrons. The van der Waals surface area contributed by atoms with Gasteiger partial charge in [-0.1, -0.05) is 0 Å². The van der Waals surface area contributed by atoms with E-state index in [4.69, 9.17) is 4.74 Å². The Hall–Kier alpha value is -1.11. The number of hydrogen-bond acceptors (Lipinski definition) is 1. The fraction of sp³-hybridized carbons (Fsp3) is 0.0909. The average molecular weight is 547 g/mol. The molecule has 126 valence electrons. The maximum absolute atomic E-state index is 5.37. The third kappa shape index (κ3) is 3.86. The molecule has 0 aliphatic heterocycles. The molecule has 0 aromatic heterocycles. The number of benzene rings is 3. The van der Waals surface area contributed by atoms with Crippen molar-refractivity contribution in [3.8, 4) is 0 Å². The van der Waals surface area contributed by atoms with Crippen molar-refractivity contribution < 1.29 is 4.74 Å². The van der Waals surface area contributed by atoms with E-state index in [0.717, 1.165) is 0 Å². The Labute approximate surface area is 167 Å². The van der Waals surface area contributed by atoms with E-state index in [1.54, 1.807) is 7.11 Å². The Morgan fingerprint density at radius 3 is 1.44 bits per heavy atom. The first-order chi connectivity index (χ1) is 12.3. The van der Waals surface area contributed by atoms with Crippen molar-refractivity contribution in [2.75, 3.05) is 13.7 Å². The maximum atomic E-state index is 5.37. The number of rotatable bonds is 6. The first-order valence-corrected chi connectivity index (χ1v) is 15.1. The number of halogens is 1. The Morgan fingerprint density at radius 1 is 0.760 bits per heavy atom. The zero-order chi connectivity index (χ0) is 17.5. The normalized spacial score (nSPS) is 12.2. The number of hydrogen-bond donors (Lipinski definition) is 0. The summed E-state index contributed by atoms with van der Waals surface area (Å²) in [6.45, 7) is 0.642. The average Bonchev–Trinajstić information content (AvgIpc) is 2.69. The van der Waals surface area contributed by atoms with Crippen LogP contribution in [0.25, 0.3) is 0 Å². The first kappa shape index (κ1) is 18.7. The van der Waals surface area contributed by atoms with Crippen LogP contribution in [0.1, 0.15) is 0 Å². The van der Waals surface area contributed by atoms with Crippen LogP contribution in [0, 0.1) is 0 Å². The second-order valence-electron chi connectivity index (χ2n) is 5.86. The zero-order valence-electron chi connectivity index (χ0n) is 14.2. The summed E-state index contributed by atoms with van der Waals surface area (Å²) in [5, 5.41) is 0. The van der Waals surface area contributed by atoms with E-state index in [-0.39, 0.29) is 0 Å². The van der Waals surface area contributed by atoms with Crippen molar-refractivity contribution in [3.05, 3.63) is 98.7 Å². The second-order valence-corrected chi connectivity index (χ2v) is 20.7. The SMILES string of the molecule is COC/C=[C](/I)[Sn]([c]1ccccc1)([c]1ccccc1)[c]1ccccc1. The summed E-state index contributed by atoms with van der Waals surface area (Å²) in [5.74, 6) is 0. The van der Waals surface area contributed by atoms with E-state index in [1.165, 1.54) is 12.3 Å². The second kappa shape index (κ2) is 9.01. The molecule has 0 fully saturated rings. The Morgan fingerprint density at radius 2 is 1.12 bits per heavy atom. The molecule has 0 saturated carbocycles. The molecule has 1 nitrogen and oxygen atoms in total. The van der Waals surface area contributed by atoms with E-state index in [9.17, 15) is 0 Å². The fourth-order valence-corrected chi connectivity index (χ4v) is 22.0. The molecular weight excluding hydrogens is 526 g/mol. The molecule has 0 aliphatic rings. The predicted molar refractivity (Wildman–Crippen MR) is 118 cm³/mol. The summed E-state index contributed by atoms with van der Waals surface area (Å²) in [4.78, 5) is 0. The summed E-state index contributed by atoms with van der Waals surface area (Å²) >= 11 is -0.732. The Balaban J connectivity index is 2.36. The van der Waals surface area contributed by atoms with Crippen LogP contribution >= 0.6 is 22.6 Å². The summed E-state index contributed by atoms with van der Waals surface area (Å²) < 4.78 is 11.2. The van der Waals surface area contributed by atoms with Gasteiger partial charge in [-0.2, -0.15) is 0 Å². The molecular formula is C22H21IOSn. The van der Waals surface area contributed by atoms with E-state index in [1.807, 2.05) is 0 Å². The predicted octanol–water partition coefficient (Wildman–Crippen LogP) is 3.66. The molecule has 3 aromatic rings. The quantitative estimate of drug-likeness (QED) is 0.339. The summed E-state index contributed by atoms with van der Waals surface area (Å²) in [6.07, 6.45) is 2.27. The molecule has 0 N–H and O–H groups in total. The molecule has 3 heteroatoms. The van der Waals surface area contributed by atoms with Crippen LogP contribution in [0.4, 0.5) is 0 Å². The molecule has 0 atom stereocenters. The monoisotopic (exact) mass is 548 g/mol. The van der Waals surface area contributed by atoms with Gasteiger partial charge in [-0.3, -0.25) is 0 Å². The van der Waals surface area contributed by atoms with Crippen molar-refractivity contribution in [1.82, 2.24) is 0 Å². The zero-order valence-corrected chi connectivity index (χ0v) is 19.2. The van der Waals surface area contributed by atoms with Gasteiger partial charge in [-0.15, -0.1) is 0 Å². The van der Waals surface area contributed by atoms with Crippen LogP contribution in [-0.4, -0.2) is 32.1 Å². The topological polar surface area (TPSA) is 9.23 Å². The van der Waals surface area contributed by atoms with Crippen molar-refractivity contribution in [3.63, 3.8) is 0 Å². The standard InChI is InChI=1S/3C6H5.C4H6IO.Sn/c3*1-2-4-6-5-3-1;1-6-4-2-3-5;/h3*1-5H;2H,4H2,1H3;. The molecule has 0 heterocycles. The minimum absolute atomic E-state index is 0.642. The summed E-state index contributed by atoms with van der Waals surface area (Å²) in [6, 6.07) is 33.1. The molecule has 0 saturated heterocycles. The van der Waals surface area contributed by atoms with Gasteiger partial charge in [-0.25, -0.2) is 0 Å². The van der Waals surface area contributed by atoms with Gasteiger partial charge in [0.05, 0.1) is 0 Å². The summed E-state index contributed by atoms with van der Waals surface area (Å²) in [5.41, 5.74) is 0. The van der Waals surface area contributed by atoms with E-state index in [0.29, 0.717) is 6.61 Å². The van der Waals surface area contributed by atoms with Crippen molar-refractivity contribution >= 4 is 51.7 Å². The molecule has 3 aromatic carbocycles. The molecule has 25 heavy (non-hydrogen) atoms. The number of methoxy groups -OCH3 is 1. The molecule has 0 unspecified atom stereocenters. The van der Waals surface area contributed by atoms with Gasteiger partial charge in [-0.05, 0) is 0 Å². The van der Waals surface area contributed by atoms with Crippen LogP contribution < -0.4 is 10.7 Å². The fourth-order valence-electron chi connectivity index (χ4n) is 3.29. The third-order valence-corrected chi connectivity index (χ3v) is 23.2. The van der Waals surface area contributed by atoms with E-state index in [2.05, 4.69) is 120 Å². The van der Waals surface area contributed by atoms with Crippen LogP contribution in [0.3, 0.4) is 0 Å². The van der Waals surface area contributed by atoms with Gasteiger partial charge in [0.2, 0.25) is 0 Å². The van der Waals surface area contributed by atoms with Crippen LogP contribution in [0.2, 0.25) is 0 Å². The molecule has 0 spiro atoms. The van der Waals surface area contributed by atoms with Gasteiger partial charge < -0.3 is 0 Å². The third-order valence-electron chi connectivity index (χ3n) is 4.41. The van der Waals surface area contributed by atoms with Crippen molar-refractivity contribution in [2.45, 2.75) is 0 Å². The molecule has 3 rings (SSSR count). The minimum atomic E-state index is -3.30. The van der Waals surface area contributed by atoms with Gasteiger partial charge in [0.1, 0.15) is 0 Å². The Bertz CT molecular complexity index is 720. The van der Waals surface area contributed by atoms with Gasteiger partial charge >= 0.3 is 169 Å². The Kier molecular flexibility index (Phi) is 6.73. The number of ether oxygens (including phenoxy) is 1. The van der Waals surface area contributed by atoms with Gasteiger partial charge in [0.25, 0.3) is 0 Å². The van der Waals surface area contributed by atoms with Gasteiger partial charge in [0, 0.05) is 0 Å². The van der Waals surface area contributed by atoms with Crippen molar-refractivity contribution in [2.24, 2.45) is 0 Å². The summed E-state index contributed by atoms with van der Waals surface area (Å²) in [7, 11) is 1.76. The molecule has 0 amide bonds. The van der Waals surface area contributed by atoms with Crippen LogP contribution in [-0.2, 0) is 4.74 Å². The van der Waals surface area contributed by atoms with Crippen LogP contribution in [0.15, 0.2) is 98.7 Å². The molecule has 0 aliphatic carbocycles. The van der Waals surface area contributed by atoms with E-state index < -0.39 is 18.4 Å².